The van der Waals surface area contributed by atoms with Crippen LogP contribution in [-0.4, -0.2) is 24.4 Å². The molecule has 2 rings (SSSR count). The van der Waals surface area contributed by atoms with Crippen LogP contribution in [0.5, 0.6) is 0 Å². The summed E-state index contributed by atoms with van der Waals surface area (Å²) < 4.78 is 31.3. The molecule has 17 heavy (non-hydrogen) atoms. The van der Waals surface area contributed by atoms with Gasteiger partial charge in [0.05, 0.1) is 6.10 Å². The van der Waals surface area contributed by atoms with Crippen molar-refractivity contribution in [2.24, 2.45) is 5.92 Å². The number of rotatable bonds is 4. The first kappa shape index (κ1) is 12.5. The lowest BCUT2D eigenvalue weighted by atomic mass is 9.96. The van der Waals surface area contributed by atoms with Crippen molar-refractivity contribution in [2.45, 2.75) is 25.4 Å². The third-order valence-electron chi connectivity index (χ3n) is 3.10. The zero-order valence-corrected chi connectivity index (χ0v) is 9.53. The molecule has 1 fully saturated rings. The van der Waals surface area contributed by atoms with Gasteiger partial charge in [0.1, 0.15) is 11.6 Å². The highest BCUT2D eigenvalue weighted by molar-refractivity contribution is 5.19. The van der Waals surface area contributed by atoms with E-state index in [1.165, 1.54) is 12.1 Å². The fraction of sp³-hybridized carbons (Fsp3) is 0.538. The summed E-state index contributed by atoms with van der Waals surface area (Å²) in [5, 5.41) is 9.84. The summed E-state index contributed by atoms with van der Waals surface area (Å²) in [6.07, 6.45) is 1.18. The second kappa shape index (κ2) is 5.56. The minimum Gasteiger partial charge on any atom is -0.393 e. The molecule has 1 aromatic rings. The Bertz CT molecular complexity index is 376. The Hall–Kier alpha value is -1.00. The molecule has 1 saturated heterocycles. The second-order valence-electron chi connectivity index (χ2n) is 4.56. The molecule has 0 aliphatic carbocycles. The quantitative estimate of drug-likeness (QED) is 0.877. The molecule has 0 bridgehead atoms. The van der Waals surface area contributed by atoms with Gasteiger partial charge in [-0.15, -0.1) is 0 Å². The van der Waals surface area contributed by atoms with Gasteiger partial charge in [0.15, 0.2) is 0 Å². The molecule has 0 radical (unpaired) electrons. The van der Waals surface area contributed by atoms with Crippen molar-refractivity contribution in [3.8, 4) is 0 Å². The number of aliphatic hydroxyl groups is 1. The molecular formula is C13H16F2O2. The van der Waals surface area contributed by atoms with Crippen LogP contribution in [0.1, 0.15) is 18.4 Å². The largest absolute Gasteiger partial charge is 0.393 e. The number of hydrogen-bond donors (Lipinski definition) is 1. The molecule has 2 unspecified atom stereocenters. The fourth-order valence-corrected chi connectivity index (χ4v) is 2.18. The number of hydrogen-bond acceptors (Lipinski definition) is 2. The van der Waals surface area contributed by atoms with Gasteiger partial charge < -0.3 is 9.84 Å². The van der Waals surface area contributed by atoms with Crippen LogP contribution in [0.25, 0.3) is 0 Å². The average Bonchev–Trinajstić information content (AvgIpc) is 2.75. The molecule has 2 nitrogen and oxygen atoms in total. The Morgan fingerprint density at radius 3 is 2.88 bits per heavy atom. The van der Waals surface area contributed by atoms with Crippen LogP contribution in [0.3, 0.4) is 0 Å². The van der Waals surface area contributed by atoms with E-state index in [2.05, 4.69) is 0 Å². The van der Waals surface area contributed by atoms with Crippen molar-refractivity contribution in [1.29, 1.82) is 0 Å². The Morgan fingerprint density at radius 2 is 2.24 bits per heavy atom. The first-order valence-electron chi connectivity index (χ1n) is 5.85. The summed E-state index contributed by atoms with van der Waals surface area (Å²) in [5.41, 5.74) is 0.359. The van der Waals surface area contributed by atoms with E-state index in [1.807, 2.05) is 0 Å². The lowest BCUT2D eigenvalue weighted by molar-refractivity contribution is 0.128. The van der Waals surface area contributed by atoms with Crippen LogP contribution in [0, 0.1) is 17.6 Å². The zero-order chi connectivity index (χ0) is 12.3. The number of ether oxygens (including phenoxy) is 1. The maximum atomic E-state index is 13.3. The molecule has 0 aromatic heterocycles. The highest BCUT2D eigenvalue weighted by atomic mass is 19.1. The molecule has 2 atom stereocenters. The SMILES string of the molecule is OC(Cc1ccc(F)cc1F)CC1CCOC1. The van der Waals surface area contributed by atoms with Gasteiger partial charge in [0, 0.05) is 25.7 Å². The van der Waals surface area contributed by atoms with Gasteiger partial charge in [-0.3, -0.25) is 0 Å². The molecule has 1 aliphatic rings. The number of halogens is 2. The molecule has 1 heterocycles. The first-order valence-corrected chi connectivity index (χ1v) is 5.85. The Kier molecular flexibility index (Phi) is 4.07. The van der Waals surface area contributed by atoms with Gasteiger partial charge in [-0.25, -0.2) is 8.78 Å². The Balaban J connectivity index is 1.90. The number of benzene rings is 1. The van der Waals surface area contributed by atoms with Gasteiger partial charge in [0.25, 0.3) is 0 Å². The Labute approximate surface area is 99.2 Å². The van der Waals surface area contributed by atoms with Crippen LogP contribution in [-0.2, 0) is 11.2 Å². The standard InChI is InChI=1S/C13H16F2O2/c14-11-2-1-10(13(15)7-11)6-12(16)5-9-3-4-17-8-9/h1-2,7,9,12,16H,3-6,8H2. The van der Waals surface area contributed by atoms with Crippen LogP contribution in [0.15, 0.2) is 18.2 Å². The molecule has 1 aromatic carbocycles. The molecule has 0 saturated carbocycles. The molecule has 0 amide bonds. The van der Waals surface area contributed by atoms with Crippen LogP contribution < -0.4 is 0 Å². The van der Waals surface area contributed by atoms with Gasteiger partial charge in [-0.2, -0.15) is 0 Å². The van der Waals surface area contributed by atoms with Crippen molar-refractivity contribution in [2.75, 3.05) is 13.2 Å². The maximum absolute atomic E-state index is 13.3. The summed E-state index contributed by atoms with van der Waals surface area (Å²) in [5.74, 6) is -0.829. The predicted molar refractivity (Wildman–Crippen MR) is 59.6 cm³/mol. The van der Waals surface area contributed by atoms with E-state index in [0.717, 1.165) is 19.1 Å². The Morgan fingerprint density at radius 1 is 1.41 bits per heavy atom. The highest BCUT2D eigenvalue weighted by Crippen LogP contribution is 2.21. The van der Waals surface area contributed by atoms with E-state index < -0.39 is 17.7 Å². The van der Waals surface area contributed by atoms with Crippen molar-refractivity contribution >= 4 is 0 Å². The topological polar surface area (TPSA) is 29.5 Å². The fourth-order valence-electron chi connectivity index (χ4n) is 2.18. The van der Waals surface area contributed by atoms with Crippen molar-refractivity contribution < 1.29 is 18.6 Å². The van der Waals surface area contributed by atoms with E-state index in [0.29, 0.717) is 24.5 Å². The molecule has 4 heteroatoms. The van der Waals surface area contributed by atoms with E-state index in [-0.39, 0.29) is 6.42 Å². The molecule has 94 valence electrons. The molecular weight excluding hydrogens is 226 g/mol. The van der Waals surface area contributed by atoms with Crippen molar-refractivity contribution in [1.82, 2.24) is 0 Å². The van der Waals surface area contributed by atoms with Crippen LogP contribution in [0.2, 0.25) is 0 Å². The molecule has 1 aliphatic heterocycles. The lowest BCUT2D eigenvalue weighted by Crippen LogP contribution is -2.17. The summed E-state index contributed by atoms with van der Waals surface area (Å²) in [7, 11) is 0. The third kappa shape index (κ3) is 3.48. The van der Waals surface area contributed by atoms with Crippen LogP contribution in [0.4, 0.5) is 8.78 Å². The predicted octanol–water partition coefficient (Wildman–Crippen LogP) is 2.29. The molecule has 0 spiro atoms. The van der Waals surface area contributed by atoms with E-state index in [9.17, 15) is 13.9 Å². The highest BCUT2D eigenvalue weighted by Gasteiger charge is 2.20. The van der Waals surface area contributed by atoms with Crippen molar-refractivity contribution in [3.63, 3.8) is 0 Å². The maximum Gasteiger partial charge on any atom is 0.129 e. The number of aliphatic hydroxyl groups excluding tert-OH is 1. The summed E-state index contributed by atoms with van der Waals surface area (Å²) in [6, 6.07) is 3.45. The van der Waals surface area contributed by atoms with E-state index >= 15 is 0 Å². The van der Waals surface area contributed by atoms with Gasteiger partial charge >= 0.3 is 0 Å². The van der Waals surface area contributed by atoms with Gasteiger partial charge in [-0.05, 0) is 30.4 Å². The minimum atomic E-state index is -0.596. The van der Waals surface area contributed by atoms with E-state index in [1.54, 1.807) is 0 Å². The monoisotopic (exact) mass is 242 g/mol. The smallest absolute Gasteiger partial charge is 0.129 e. The normalized spacial score (nSPS) is 21.7. The van der Waals surface area contributed by atoms with Crippen molar-refractivity contribution in [3.05, 3.63) is 35.4 Å². The average molecular weight is 242 g/mol. The van der Waals surface area contributed by atoms with E-state index in [4.69, 9.17) is 4.74 Å². The third-order valence-corrected chi connectivity index (χ3v) is 3.10. The minimum absolute atomic E-state index is 0.225. The van der Waals surface area contributed by atoms with Crippen LogP contribution >= 0.6 is 0 Å². The zero-order valence-electron chi connectivity index (χ0n) is 9.53. The molecule has 1 N–H and O–H groups in total. The first-order chi connectivity index (χ1) is 8.15. The van der Waals surface area contributed by atoms with Gasteiger partial charge in [0.2, 0.25) is 0 Å². The summed E-state index contributed by atoms with van der Waals surface area (Å²) >= 11 is 0. The second-order valence-corrected chi connectivity index (χ2v) is 4.56. The lowest BCUT2D eigenvalue weighted by Gasteiger charge is -2.14. The van der Waals surface area contributed by atoms with Gasteiger partial charge in [-0.1, -0.05) is 6.07 Å². The summed E-state index contributed by atoms with van der Waals surface area (Å²) in [6.45, 7) is 1.41. The summed E-state index contributed by atoms with van der Waals surface area (Å²) in [4.78, 5) is 0.